The summed E-state index contributed by atoms with van der Waals surface area (Å²) in [5.41, 5.74) is 0. The van der Waals surface area contributed by atoms with Gasteiger partial charge < -0.3 is 14.5 Å². The number of piperidine rings is 1. The highest BCUT2D eigenvalue weighted by Crippen LogP contribution is 2.23. The quantitative estimate of drug-likeness (QED) is 0.835. The molecular weight excluding hydrogens is 330 g/mol. The molecule has 2 amide bonds. The molecule has 136 valence electrons. The van der Waals surface area contributed by atoms with E-state index in [0.717, 1.165) is 38.1 Å². The molecule has 1 aromatic carbocycles. The number of carbonyl (C=O) groups is 2. The predicted octanol–water partition coefficient (Wildman–Crippen LogP) is 2.20. The number of hydrogen-bond donors (Lipinski definition) is 0. The van der Waals surface area contributed by atoms with Crippen molar-refractivity contribution in [2.75, 3.05) is 32.8 Å². The second-order valence-electron chi connectivity index (χ2n) is 6.55. The van der Waals surface area contributed by atoms with Gasteiger partial charge in [0.05, 0.1) is 0 Å². The van der Waals surface area contributed by atoms with Gasteiger partial charge in [0.1, 0.15) is 5.82 Å². The molecule has 1 aromatic rings. The van der Waals surface area contributed by atoms with Crippen LogP contribution in [0.1, 0.15) is 25.7 Å². The molecule has 2 saturated heterocycles. The van der Waals surface area contributed by atoms with Gasteiger partial charge in [0, 0.05) is 38.2 Å². The van der Waals surface area contributed by atoms with E-state index in [1.54, 1.807) is 4.90 Å². The Labute approximate surface area is 145 Å². The van der Waals surface area contributed by atoms with Gasteiger partial charge in [-0.15, -0.1) is 0 Å². The third-order valence-electron chi connectivity index (χ3n) is 4.86. The Morgan fingerprint density at radius 1 is 1.04 bits per heavy atom. The van der Waals surface area contributed by atoms with Crippen LogP contribution < -0.4 is 4.74 Å². The van der Waals surface area contributed by atoms with Crippen LogP contribution in [-0.2, 0) is 9.59 Å². The Hall–Kier alpha value is -2.18. The first-order valence-corrected chi connectivity index (χ1v) is 8.69. The lowest BCUT2D eigenvalue weighted by Gasteiger charge is -2.33. The highest BCUT2D eigenvalue weighted by molar-refractivity contribution is 5.81. The maximum atomic E-state index is 13.5. The molecule has 0 bridgehead atoms. The molecule has 2 aliphatic heterocycles. The maximum absolute atomic E-state index is 13.5. The lowest BCUT2D eigenvalue weighted by atomic mass is 9.95. The zero-order chi connectivity index (χ0) is 17.8. The second kappa shape index (κ2) is 7.80. The van der Waals surface area contributed by atoms with Crippen molar-refractivity contribution in [3.8, 4) is 5.75 Å². The normalized spacial score (nSPS) is 18.5. The first kappa shape index (κ1) is 17.6. The third-order valence-corrected chi connectivity index (χ3v) is 4.86. The Morgan fingerprint density at radius 3 is 2.36 bits per heavy atom. The number of amides is 2. The lowest BCUT2D eigenvalue weighted by Crippen LogP contribution is -2.45. The van der Waals surface area contributed by atoms with E-state index in [2.05, 4.69) is 0 Å². The number of hydrogen-bond acceptors (Lipinski definition) is 3. The van der Waals surface area contributed by atoms with E-state index >= 15 is 0 Å². The maximum Gasteiger partial charge on any atom is 0.260 e. The molecule has 2 heterocycles. The average molecular weight is 352 g/mol. The van der Waals surface area contributed by atoms with Gasteiger partial charge in [-0.3, -0.25) is 9.59 Å². The van der Waals surface area contributed by atoms with Crippen molar-refractivity contribution >= 4 is 11.8 Å². The van der Waals surface area contributed by atoms with Crippen LogP contribution in [0.15, 0.2) is 18.2 Å². The van der Waals surface area contributed by atoms with Gasteiger partial charge in [-0.05, 0) is 37.8 Å². The fourth-order valence-electron chi connectivity index (χ4n) is 3.39. The average Bonchev–Trinajstić information content (AvgIpc) is 3.15. The molecule has 0 spiro atoms. The molecule has 0 atom stereocenters. The number of likely N-dealkylation sites (tertiary alicyclic amines) is 2. The number of nitrogens with zero attached hydrogens (tertiary/aromatic N) is 2. The minimum absolute atomic E-state index is 0.0161. The number of carbonyl (C=O) groups excluding carboxylic acids is 2. The van der Waals surface area contributed by atoms with Crippen molar-refractivity contribution in [3.63, 3.8) is 0 Å². The van der Waals surface area contributed by atoms with Gasteiger partial charge in [0.25, 0.3) is 5.91 Å². The first-order chi connectivity index (χ1) is 12.0. The van der Waals surface area contributed by atoms with Crippen LogP contribution in [0.3, 0.4) is 0 Å². The van der Waals surface area contributed by atoms with E-state index in [0.29, 0.717) is 25.9 Å². The number of benzene rings is 1. The van der Waals surface area contributed by atoms with Crippen LogP contribution in [0.2, 0.25) is 0 Å². The molecule has 2 aliphatic rings. The van der Waals surface area contributed by atoms with E-state index in [9.17, 15) is 18.4 Å². The SMILES string of the molecule is O=C(COc1ccc(F)cc1F)N1CCC(C(=O)N2CCCC2)CC1. The summed E-state index contributed by atoms with van der Waals surface area (Å²) >= 11 is 0. The number of rotatable bonds is 4. The van der Waals surface area contributed by atoms with Crippen LogP contribution in [0.4, 0.5) is 8.78 Å². The number of halogens is 2. The summed E-state index contributed by atoms with van der Waals surface area (Å²) in [5.74, 6) is -1.74. The van der Waals surface area contributed by atoms with Crippen molar-refractivity contribution in [2.45, 2.75) is 25.7 Å². The predicted molar refractivity (Wildman–Crippen MR) is 87.0 cm³/mol. The zero-order valence-corrected chi connectivity index (χ0v) is 14.0. The van der Waals surface area contributed by atoms with Gasteiger partial charge >= 0.3 is 0 Å². The summed E-state index contributed by atoms with van der Waals surface area (Å²) in [6.07, 6.45) is 3.43. The van der Waals surface area contributed by atoms with Gasteiger partial charge in [-0.25, -0.2) is 8.78 Å². The summed E-state index contributed by atoms with van der Waals surface area (Å²) in [4.78, 5) is 28.1. The summed E-state index contributed by atoms with van der Waals surface area (Å²) in [6, 6.07) is 2.96. The molecule has 0 saturated carbocycles. The third kappa shape index (κ3) is 4.27. The molecule has 5 nitrogen and oxygen atoms in total. The van der Waals surface area contributed by atoms with Crippen molar-refractivity contribution < 1.29 is 23.1 Å². The summed E-state index contributed by atoms with van der Waals surface area (Å²) < 4.78 is 31.5. The molecule has 0 N–H and O–H groups in total. The van der Waals surface area contributed by atoms with Gasteiger partial charge in [-0.2, -0.15) is 0 Å². The molecule has 0 unspecified atom stereocenters. The fraction of sp³-hybridized carbons (Fsp3) is 0.556. The monoisotopic (exact) mass is 352 g/mol. The smallest absolute Gasteiger partial charge is 0.260 e. The topological polar surface area (TPSA) is 49.9 Å². The van der Waals surface area contributed by atoms with Crippen LogP contribution in [0.5, 0.6) is 5.75 Å². The fourth-order valence-corrected chi connectivity index (χ4v) is 3.39. The first-order valence-electron chi connectivity index (χ1n) is 8.69. The Balaban J connectivity index is 1.45. The van der Waals surface area contributed by atoms with Crippen molar-refractivity contribution in [2.24, 2.45) is 5.92 Å². The molecule has 3 rings (SSSR count). The molecule has 2 fully saturated rings. The largest absolute Gasteiger partial charge is 0.481 e. The zero-order valence-electron chi connectivity index (χ0n) is 14.0. The minimum Gasteiger partial charge on any atom is -0.481 e. The van der Waals surface area contributed by atoms with Crippen molar-refractivity contribution in [1.29, 1.82) is 0 Å². The highest BCUT2D eigenvalue weighted by atomic mass is 19.1. The Bertz CT molecular complexity index is 639. The number of ether oxygens (including phenoxy) is 1. The van der Waals surface area contributed by atoms with Gasteiger partial charge in [0.15, 0.2) is 18.2 Å². The summed E-state index contributed by atoms with van der Waals surface area (Å²) in [7, 11) is 0. The van der Waals surface area contributed by atoms with E-state index < -0.39 is 11.6 Å². The van der Waals surface area contributed by atoms with E-state index in [-0.39, 0.29) is 30.1 Å². The standard InChI is InChI=1S/C18H22F2N2O3/c19-14-3-4-16(15(20)11-14)25-12-17(23)21-9-5-13(6-10-21)18(24)22-7-1-2-8-22/h3-4,11,13H,1-2,5-10,12H2. The van der Waals surface area contributed by atoms with E-state index in [1.165, 1.54) is 6.07 Å². The van der Waals surface area contributed by atoms with Crippen LogP contribution in [0, 0.1) is 17.6 Å². The lowest BCUT2D eigenvalue weighted by molar-refractivity contribution is -0.140. The second-order valence-corrected chi connectivity index (χ2v) is 6.55. The molecule has 0 aromatic heterocycles. The van der Waals surface area contributed by atoms with Crippen LogP contribution in [-0.4, -0.2) is 54.4 Å². The molecule has 25 heavy (non-hydrogen) atoms. The minimum atomic E-state index is -0.831. The van der Waals surface area contributed by atoms with Gasteiger partial charge in [-0.1, -0.05) is 0 Å². The Kier molecular flexibility index (Phi) is 5.50. The summed E-state index contributed by atoms with van der Waals surface area (Å²) in [5, 5.41) is 0. The molecule has 0 radical (unpaired) electrons. The molecule has 0 aliphatic carbocycles. The van der Waals surface area contributed by atoms with Crippen molar-refractivity contribution in [3.05, 3.63) is 29.8 Å². The molecular formula is C18H22F2N2O3. The van der Waals surface area contributed by atoms with Crippen LogP contribution in [0.25, 0.3) is 0 Å². The van der Waals surface area contributed by atoms with Gasteiger partial charge in [0.2, 0.25) is 5.91 Å². The van der Waals surface area contributed by atoms with Crippen molar-refractivity contribution in [1.82, 2.24) is 9.80 Å². The van der Waals surface area contributed by atoms with E-state index in [4.69, 9.17) is 4.74 Å². The van der Waals surface area contributed by atoms with E-state index in [1.807, 2.05) is 4.90 Å². The molecule has 7 heteroatoms. The van der Waals surface area contributed by atoms with Crippen LogP contribution >= 0.6 is 0 Å². The summed E-state index contributed by atoms with van der Waals surface area (Å²) in [6.45, 7) is 2.38. The Morgan fingerprint density at radius 2 is 1.72 bits per heavy atom. The highest BCUT2D eigenvalue weighted by Gasteiger charge is 2.31.